The van der Waals surface area contributed by atoms with Crippen molar-refractivity contribution in [3.63, 3.8) is 0 Å². The van der Waals surface area contributed by atoms with E-state index in [1.165, 1.54) is 4.90 Å². The average Bonchev–Trinajstić information content (AvgIpc) is 2.44. The van der Waals surface area contributed by atoms with E-state index >= 15 is 0 Å². The van der Waals surface area contributed by atoms with Gasteiger partial charge < -0.3 is 10.5 Å². The first-order chi connectivity index (χ1) is 7.20. The maximum Gasteiger partial charge on any atom is 0.411 e. The molecule has 3 N–H and O–H groups in total. The summed E-state index contributed by atoms with van der Waals surface area (Å²) in [5.74, 6) is -0.0236. The van der Waals surface area contributed by atoms with Crippen LogP contribution in [0.3, 0.4) is 0 Å². The zero-order valence-electron chi connectivity index (χ0n) is 10.0. The minimum atomic E-state index is -0.539. The van der Waals surface area contributed by atoms with Gasteiger partial charge in [-0.3, -0.25) is 10.3 Å². The Morgan fingerprint density at radius 1 is 1.62 bits per heavy atom. The third-order valence-electron chi connectivity index (χ3n) is 2.24. The number of carbonyl (C=O) groups excluding carboxylic acids is 1. The summed E-state index contributed by atoms with van der Waals surface area (Å²) in [5.41, 5.74) is 5.80. The molecule has 16 heavy (non-hydrogen) atoms. The highest BCUT2D eigenvalue weighted by Gasteiger charge is 2.35. The van der Waals surface area contributed by atoms with Crippen LogP contribution in [0, 0.1) is 5.41 Å². The van der Waals surface area contributed by atoms with Crippen LogP contribution in [0.1, 0.15) is 27.2 Å². The van der Waals surface area contributed by atoms with E-state index in [9.17, 15) is 4.79 Å². The van der Waals surface area contributed by atoms with Crippen molar-refractivity contribution >= 4 is 11.9 Å². The van der Waals surface area contributed by atoms with Gasteiger partial charge in [-0.1, -0.05) is 12.2 Å². The maximum absolute atomic E-state index is 11.8. The van der Waals surface area contributed by atoms with E-state index in [1.807, 2.05) is 0 Å². The highest BCUT2D eigenvalue weighted by Crippen LogP contribution is 2.23. The molecule has 1 fully saturated rings. The highest BCUT2D eigenvalue weighted by molar-refractivity contribution is 5.87. The van der Waals surface area contributed by atoms with Gasteiger partial charge in [-0.05, 0) is 27.2 Å². The minimum Gasteiger partial charge on any atom is -0.444 e. The van der Waals surface area contributed by atoms with Gasteiger partial charge in [-0.2, -0.15) is 0 Å². The van der Waals surface area contributed by atoms with Crippen LogP contribution in [0.4, 0.5) is 4.79 Å². The minimum absolute atomic E-state index is 0.0236. The number of amidine groups is 1. The molecule has 1 saturated heterocycles. The second kappa shape index (κ2) is 4.15. The van der Waals surface area contributed by atoms with Crippen molar-refractivity contribution in [2.45, 2.75) is 38.8 Å². The summed E-state index contributed by atoms with van der Waals surface area (Å²) >= 11 is 0. The number of hydrogen-bond donors (Lipinski definition) is 2. The van der Waals surface area contributed by atoms with Gasteiger partial charge in [0.05, 0.1) is 6.04 Å². The molecule has 0 bridgehead atoms. The van der Waals surface area contributed by atoms with Crippen LogP contribution in [-0.4, -0.2) is 35.0 Å². The Kier molecular flexibility index (Phi) is 3.26. The molecule has 90 valence electrons. The normalized spacial score (nSPS) is 21.1. The van der Waals surface area contributed by atoms with Gasteiger partial charge in [0, 0.05) is 6.54 Å². The highest BCUT2D eigenvalue weighted by atomic mass is 16.6. The fourth-order valence-electron chi connectivity index (χ4n) is 1.59. The van der Waals surface area contributed by atoms with E-state index in [-0.39, 0.29) is 5.84 Å². The van der Waals surface area contributed by atoms with E-state index in [0.717, 1.165) is 5.57 Å². The van der Waals surface area contributed by atoms with Crippen LogP contribution in [0.15, 0.2) is 12.2 Å². The molecule has 1 aliphatic rings. The fourth-order valence-corrected chi connectivity index (χ4v) is 1.59. The molecule has 1 aliphatic heterocycles. The molecule has 0 aromatic rings. The molecule has 0 aliphatic carbocycles. The standard InChI is InChI=1S/C11H19N3O2/c1-7-5-8(9(12)13)14(6-7)10(15)16-11(2,3)4/h8H,1,5-6H2,2-4H3,(H3,12,13). The van der Waals surface area contributed by atoms with Gasteiger partial charge in [0.15, 0.2) is 0 Å². The fraction of sp³-hybridized carbons (Fsp3) is 0.636. The number of ether oxygens (including phenoxy) is 1. The monoisotopic (exact) mass is 225 g/mol. The molecule has 5 nitrogen and oxygen atoms in total. The van der Waals surface area contributed by atoms with Gasteiger partial charge >= 0.3 is 6.09 Å². The Morgan fingerprint density at radius 2 is 2.19 bits per heavy atom. The van der Waals surface area contributed by atoms with Crippen molar-refractivity contribution < 1.29 is 9.53 Å². The van der Waals surface area contributed by atoms with Gasteiger partial charge in [0.1, 0.15) is 11.4 Å². The van der Waals surface area contributed by atoms with Crippen molar-refractivity contribution in [1.82, 2.24) is 4.90 Å². The molecule has 0 spiro atoms. The average molecular weight is 225 g/mol. The Morgan fingerprint density at radius 3 is 2.62 bits per heavy atom. The van der Waals surface area contributed by atoms with Crippen LogP contribution in [0.25, 0.3) is 0 Å². The van der Waals surface area contributed by atoms with Crippen LogP contribution in [0.2, 0.25) is 0 Å². The molecular weight excluding hydrogens is 206 g/mol. The Bertz CT molecular complexity index is 331. The number of rotatable bonds is 1. The van der Waals surface area contributed by atoms with Crippen LogP contribution in [0.5, 0.6) is 0 Å². The number of nitrogens with zero attached hydrogens (tertiary/aromatic N) is 1. The molecule has 0 radical (unpaired) electrons. The zero-order valence-corrected chi connectivity index (χ0v) is 10.0. The summed E-state index contributed by atoms with van der Waals surface area (Å²) in [5, 5.41) is 7.42. The summed E-state index contributed by atoms with van der Waals surface area (Å²) in [6, 6.07) is -0.401. The first kappa shape index (κ1) is 12.5. The van der Waals surface area contributed by atoms with Gasteiger partial charge in [0.2, 0.25) is 0 Å². The zero-order chi connectivity index (χ0) is 12.5. The van der Waals surface area contributed by atoms with Crippen molar-refractivity contribution in [2.75, 3.05) is 6.54 Å². The lowest BCUT2D eigenvalue weighted by molar-refractivity contribution is 0.0268. The Hall–Kier alpha value is -1.52. The molecule has 1 rings (SSSR count). The van der Waals surface area contributed by atoms with E-state index < -0.39 is 17.7 Å². The van der Waals surface area contributed by atoms with Crippen LogP contribution >= 0.6 is 0 Å². The van der Waals surface area contributed by atoms with E-state index in [4.69, 9.17) is 15.9 Å². The van der Waals surface area contributed by atoms with Crippen LogP contribution in [-0.2, 0) is 4.74 Å². The lowest BCUT2D eigenvalue weighted by Crippen LogP contribution is -2.45. The van der Waals surface area contributed by atoms with Gasteiger partial charge in [-0.15, -0.1) is 0 Å². The number of nitrogens with one attached hydrogen (secondary N) is 1. The molecule has 1 heterocycles. The van der Waals surface area contributed by atoms with E-state index in [0.29, 0.717) is 13.0 Å². The maximum atomic E-state index is 11.8. The molecule has 5 heteroatoms. The van der Waals surface area contributed by atoms with Gasteiger partial charge in [0.25, 0.3) is 0 Å². The molecule has 0 aromatic carbocycles. The summed E-state index contributed by atoms with van der Waals surface area (Å²) in [6.07, 6.45) is 0.112. The van der Waals surface area contributed by atoms with Crippen molar-refractivity contribution in [2.24, 2.45) is 5.73 Å². The first-order valence-corrected chi connectivity index (χ1v) is 5.21. The third kappa shape index (κ3) is 2.98. The largest absolute Gasteiger partial charge is 0.444 e. The summed E-state index contributed by atoms with van der Waals surface area (Å²) in [7, 11) is 0. The van der Waals surface area contributed by atoms with E-state index in [2.05, 4.69) is 6.58 Å². The molecule has 0 saturated carbocycles. The molecule has 1 amide bonds. The second-order valence-corrected chi connectivity index (χ2v) is 5.03. The molecule has 1 atom stereocenters. The number of hydrogen-bond acceptors (Lipinski definition) is 3. The number of carbonyl (C=O) groups is 1. The second-order valence-electron chi connectivity index (χ2n) is 5.03. The predicted octanol–water partition coefficient (Wildman–Crippen LogP) is 1.49. The summed E-state index contributed by atoms with van der Waals surface area (Å²) < 4.78 is 5.24. The summed E-state index contributed by atoms with van der Waals surface area (Å²) in [4.78, 5) is 13.3. The summed E-state index contributed by atoms with van der Waals surface area (Å²) in [6.45, 7) is 9.64. The quantitative estimate of drug-likeness (QED) is 0.403. The van der Waals surface area contributed by atoms with Crippen LogP contribution < -0.4 is 5.73 Å². The number of likely N-dealkylation sites (tertiary alicyclic amines) is 1. The number of nitrogens with two attached hydrogens (primary N) is 1. The smallest absolute Gasteiger partial charge is 0.411 e. The Labute approximate surface area is 95.8 Å². The third-order valence-corrected chi connectivity index (χ3v) is 2.24. The van der Waals surface area contributed by atoms with Crippen molar-refractivity contribution in [3.8, 4) is 0 Å². The first-order valence-electron chi connectivity index (χ1n) is 5.21. The molecular formula is C11H19N3O2. The molecule has 1 unspecified atom stereocenters. The Balaban J connectivity index is 2.75. The van der Waals surface area contributed by atoms with Crippen molar-refractivity contribution in [3.05, 3.63) is 12.2 Å². The number of amides is 1. The van der Waals surface area contributed by atoms with E-state index in [1.54, 1.807) is 20.8 Å². The van der Waals surface area contributed by atoms with Crippen molar-refractivity contribution in [1.29, 1.82) is 5.41 Å². The molecule has 0 aromatic heterocycles. The topological polar surface area (TPSA) is 79.4 Å². The van der Waals surface area contributed by atoms with Gasteiger partial charge in [-0.25, -0.2) is 4.79 Å². The lowest BCUT2D eigenvalue weighted by atomic mass is 10.1. The SMILES string of the molecule is C=C1CC(C(=N)N)N(C(=O)OC(C)(C)C)C1. The predicted molar refractivity (Wildman–Crippen MR) is 62.4 cm³/mol. The lowest BCUT2D eigenvalue weighted by Gasteiger charge is -2.27.